The van der Waals surface area contributed by atoms with Crippen LogP contribution < -0.4 is 5.73 Å². The Hall–Kier alpha value is -0.760. The molecule has 5 nitrogen and oxygen atoms in total. The van der Waals surface area contributed by atoms with E-state index in [0.29, 0.717) is 18.3 Å². The summed E-state index contributed by atoms with van der Waals surface area (Å²) in [5.74, 6) is 1.06. The minimum absolute atomic E-state index is 0.232. The van der Waals surface area contributed by atoms with Gasteiger partial charge >= 0.3 is 0 Å². The van der Waals surface area contributed by atoms with Crippen LogP contribution in [0.1, 0.15) is 24.8 Å². The zero-order valence-electron chi connectivity index (χ0n) is 9.93. The molecule has 1 unspecified atom stereocenters. The van der Waals surface area contributed by atoms with E-state index < -0.39 is 0 Å². The van der Waals surface area contributed by atoms with E-state index in [1.54, 1.807) is 18.4 Å². The molecule has 0 bridgehead atoms. The molecule has 2 aromatic rings. The summed E-state index contributed by atoms with van der Waals surface area (Å²) >= 11 is 4.95. The average Bonchev–Trinajstić information content (AvgIpc) is 2.97. The molecular formula is C11H14BrN3O2S. The monoisotopic (exact) mass is 331 g/mol. The lowest BCUT2D eigenvalue weighted by Crippen LogP contribution is -2.11. The lowest BCUT2D eigenvalue weighted by Gasteiger charge is -2.04. The number of ether oxygens (including phenoxy) is 1. The number of nitrogens with zero attached hydrogens (tertiary/aromatic N) is 2. The first-order valence-corrected chi connectivity index (χ1v) is 7.20. The van der Waals surface area contributed by atoms with Gasteiger partial charge in [0.15, 0.2) is 0 Å². The van der Waals surface area contributed by atoms with Crippen LogP contribution in [0.3, 0.4) is 0 Å². The Morgan fingerprint density at radius 3 is 3.11 bits per heavy atom. The molecule has 2 N–H and O–H groups in total. The summed E-state index contributed by atoms with van der Waals surface area (Å²) in [5.41, 5.74) is 5.97. The van der Waals surface area contributed by atoms with Gasteiger partial charge in [0.2, 0.25) is 11.7 Å². The van der Waals surface area contributed by atoms with E-state index in [2.05, 4.69) is 26.1 Å². The molecule has 2 heterocycles. The summed E-state index contributed by atoms with van der Waals surface area (Å²) in [4.78, 5) is 5.28. The molecule has 0 aliphatic rings. The molecule has 2 rings (SSSR count). The maximum absolute atomic E-state index is 5.97. The topological polar surface area (TPSA) is 74.2 Å². The molecule has 0 aliphatic carbocycles. The Morgan fingerprint density at radius 1 is 1.61 bits per heavy atom. The van der Waals surface area contributed by atoms with Crippen molar-refractivity contribution in [2.45, 2.75) is 18.9 Å². The smallest absolute Gasteiger partial charge is 0.243 e. The molecule has 0 radical (unpaired) electrons. The number of rotatable bonds is 6. The Bertz CT molecular complexity index is 500. The predicted molar refractivity (Wildman–Crippen MR) is 73.3 cm³/mol. The molecular weight excluding hydrogens is 318 g/mol. The minimum atomic E-state index is -0.232. The van der Waals surface area contributed by atoms with Gasteiger partial charge in [-0.1, -0.05) is 5.16 Å². The fourth-order valence-electron chi connectivity index (χ4n) is 1.49. The zero-order valence-corrected chi connectivity index (χ0v) is 12.3. The number of thiophene rings is 1. The summed E-state index contributed by atoms with van der Waals surface area (Å²) in [6, 6.07) is 1.72. The van der Waals surface area contributed by atoms with Crippen molar-refractivity contribution in [1.82, 2.24) is 10.1 Å². The second-order valence-corrected chi connectivity index (χ2v) is 5.65. The maximum atomic E-state index is 5.97. The third kappa shape index (κ3) is 3.38. The van der Waals surface area contributed by atoms with E-state index in [-0.39, 0.29) is 6.04 Å². The van der Waals surface area contributed by atoms with Crippen molar-refractivity contribution in [2.24, 2.45) is 5.73 Å². The van der Waals surface area contributed by atoms with Crippen LogP contribution in [0.4, 0.5) is 0 Å². The summed E-state index contributed by atoms with van der Waals surface area (Å²) in [7, 11) is 1.67. The standard InChI is InChI=1S/C11H14BrN3O2S/c1-16-4-2-3-8(13)11-14-10(15-17-11)9-5-7(12)6-18-9/h5-6,8H,2-4,13H2,1H3. The van der Waals surface area contributed by atoms with Gasteiger partial charge in [-0.3, -0.25) is 0 Å². The van der Waals surface area contributed by atoms with Gasteiger partial charge in [-0.05, 0) is 34.8 Å². The lowest BCUT2D eigenvalue weighted by atomic mass is 10.2. The first-order chi connectivity index (χ1) is 8.70. The van der Waals surface area contributed by atoms with E-state index in [9.17, 15) is 0 Å². The van der Waals surface area contributed by atoms with Crippen LogP contribution in [-0.2, 0) is 4.74 Å². The molecule has 7 heteroatoms. The number of halogens is 1. The van der Waals surface area contributed by atoms with Crippen molar-refractivity contribution >= 4 is 27.3 Å². The fourth-order valence-corrected chi connectivity index (χ4v) is 2.84. The van der Waals surface area contributed by atoms with E-state index in [1.165, 1.54) is 0 Å². The normalized spacial score (nSPS) is 12.8. The number of hydrogen-bond donors (Lipinski definition) is 1. The summed E-state index contributed by atoms with van der Waals surface area (Å²) in [5, 5.41) is 5.92. The quantitative estimate of drug-likeness (QED) is 0.823. The summed E-state index contributed by atoms with van der Waals surface area (Å²) < 4.78 is 11.2. The molecule has 0 aromatic carbocycles. The van der Waals surface area contributed by atoms with Crippen molar-refractivity contribution in [1.29, 1.82) is 0 Å². The molecule has 0 fully saturated rings. The Morgan fingerprint density at radius 2 is 2.44 bits per heavy atom. The Balaban J connectivity index is 2.01. The average molecular weight is 332 g/mol. The van der Waals surface area contributed by atoms with Crippen molar-refractivity contribution < 1.29 is 9.26 Å². The van der Waals surface area contributed by atoms with Crippen molar-refractivity contribution in [2.75, 3.05) is 13.7 Å². The van der Waals surface area contributed by atoms with Crippen LogP contribution in [0.5, 0.6) is 0 Å². The predicted octanol–water partition coefficient (Wildman–Crippen LogP) is 2.99. The van der Waals surface area contributed by atoms with E-state index in [1.807, 2.05) is 11.4 Å². The van der Waals surface area contributed by atoms with Crippen LogP contribution in [0, 0.1) is 0 Å². The van der Waals surface area contributed by atoms with Gasteiger partial charge < -0.3 is 15.0 Å². The van der Waals surface area contributed by atoms with E-state index in [4.69, 9.17) is 15.0 Å². The molecule has 0 aliphatic heterocycles. The van der Waals surface area contributed by atoms with Gasteiger partial charge in [-0.25, -0.2) is 0 Å². The van der Waals surface area contributed by atoms with E-state index >= 15 is 0 Å². The highest BCUT2D eigenvalue weighted by molar-refractivity contribution is 9.10. The largest absolute Gasteiger partial charge is 0.385 e. The van der Waals surface area contributed by atoms with Gasteiger partial charge in [0.25, 0.3) is 0 Å². The van der Waals surface area contributed by atoms with Gasteiger partial charge in [0.05, 0.1) is 10.9 Å². The first kappa shape index (κ1) is 13.7. The molecule has 0 saturated heterocycles. The second kappa shape index (κ2) is 6.42. The second-order valence-electron chi connectivity index (χ2n) is 3.83. The van der Waals surface area contributed by atoms with Crippen LogP contribution in [0.15, 0.2) is 20.4 Å². The zero-order chi connectivity index (χ0) is 13.0. The highest BCUT2D eigenvalue weighted by atomic mass is 79.9. The fraction of sp³-hybridized carbons (Fsp3) is 0.455. The third-order valence-electron chi connectivity index (χ3n) is 2.41. The highest BCUT2D eigenvalue weighted by Crippen LogP contribution is 2.28. The van der Waals surface area contributed by atoms with Gasteiger partial charge in [0.1, 0.15) is 0 Å². The molecule has 0 saturated carbocycles. The van der Waals surface area contributed by atoms with Crippen LogP contribution >= 0.6 is 27.3 Å². The van der Waals surface area contributed by atoms with Gasteiger partial charge in [0, 0.05) is 23.6 Å². The van der Waals surface area contributed by atoms with E-state index in [0.717, 1.165) is 22.2 Å². The Kier molecular flexibility index (Phi) is 4.87. The van der Waals surface area contributed by atoms with Crippen LogP contribution in [0.25, 0.3) is 10.7 Å². The SMILES string of the molecule is COCCCC(N)c1nc(-c2cc(Br)cs2)no1. The number of nitrogens with two attached hydrogens (primary N) is 1. The molecule has 0 spiro atoms. The summed E-state index contributed by atoms with van der Waals surface area (Å²) in [6.07, 6.45) is 1.64. The number of hydrogen-bond acceptors (Lipinski definition) is 6. The van der Waals surface area contributed by atoms with Crippen molar-refractivity contribution in [3.63, 3.8) is 0 Å². The minimum Gasteiger partial charge on any atom is -0.385 e. The van der Waals surface area contributed by atoms with Gasteiger partial charge in [-0.2, -0.15) is 4.98 Å². The molecule has 2 aromatic heterocycles. The Labute approximate surface area is 117 Å². The van der Waals surface area contributed by atoms with Gasteiger partial charge in [-0.15, -0.1) is 11.3 Å². The van der Waals surface area contributed by atoms with Crippen molar-refractivity contribution in [3.05, 3.63) is 21.8 Å². The number of aromatic nitrogens is 2. The third-order valence-corrected chi connectivity index (χ3v) is 4.10. The molecule has 18 heavy (non-hydrogen) atoms. The molecule has 1 atom stereocenters. The maximum Gasteiger partial charge on any atom is 0.243 e. The molecule has 0 amide bonds. The van der Waals surface area contributed by atoms with Crippen molar-refractivity contribution in [3.8, 4) is 10.7 Å². The lowest BCUT2D eigenvalue weighted by molar-refractivity contribution is 0.188. The highest BCUT2D eigenvalue weighted by Gasteiger charge is 2.16. The van der Waals surface area contributed by atoms with Crippen LogP contribution in [-0.4, -0.2) is 23.9 Å². The number of methoxy groups -OCH3 is 1. The summed E-state index contributed by atoms with van der Waals surface area (Å²) in [6.45, 7) is 0.687. The first-order valence-electron chi connectivity index (χ1n) is 5.53. The molecule has 98 valence electrons. The van der Waals surface area contributed by atoms with Crippen LogP contribution in [0.2, 0.25) is 0 Å².